The minimum absolute atomic E-state index is 0.131. The summed E-state index contributed by atoms with van der Waals surface area (Å²) < 4.78 is 0. The van der Waals surface area contributed by atoms with E-state index in [2.05, 4.69) is 15.3 Å². The number of hydrogen-bond acceptors (Lipinski definition) is 3. The highest BCUT2D eigenvalue weighted by atomic mass is 16.1. The number of benzene rings is 1. The average molecular weight is 255 g/mol. The zero-order valence-corrected chi connectivity index (χ0v) is 11.1. The van der Waals surface area contributed by atoms with Crippen molar-refractivity contribution in [1.29, 1.82) is 0 Å². The zero-order chi connectivity index (χ0) is 13.7. The number of nitrogens with zero attached hydrogens (tertiary/aromatic N) is 2. The molecule has 4 heteroatoms. The van der Waals surface area contributed by atoms with Crippen LogP contribution in [0.4, 0.5) is 0 Å². The van der Waals surface area contributed by atoms with E-state index in [9.17, 15) is 4.79 Å². The summed E-state index contributed by atoms with van der Waals surface area (Å²) in [5.41, 5.74) is 1.43. The fraction of sp³-hybridized carbons (Fsp3) is 0.267. The number of rotatable bonds is 4. The number of aromatic nitrogens is 2. The normalized spacial score (nSPS) is 11.9. The molecule has 0 saturated heterocycles. The molecule has 2 aromatic rings. The Morgan fingerprint density at radius 1 is 1.21 bits per heavy atom. The predicted molar refractivity (Wildman–Crippen MR) is 74.7 cm³/mol. The van der Waals surface area contributed by atoms with Crippen LogP contribution in [0.15, 0.2) is 42.7 Å². The molecule has 1 atom stereocenters. The van der Waals surface area contributed by atoms with Gasteiger partial charge in [-0.05, 0) is 13.3 Å². The van der Waals surface area contributed by atoms with Crippen molar-refractivity contribution in [3.8, 4) is 11.4 Å². The Morgan fingerprint density at radius 2 is 1.84 bits per heavy atom. The summed E-state index contributed by atoms with van der Waals surface area (Å²) in [4.78, 5) is 20.3. The van der Waals surface area contributed by atoms with Gasteiger partial charge in [-0.15, -0.1) is 0 Å². The Balaban J connectivity index is 2.13. The molecular formula is C15H17N3O. The molecule has 0 radical (unpaired) electrons. The Bertz CT molecular complexity index is 537. The van der Waals surface area contributed by atoms with Crippen LogP contribution >= 0.6 is 0 Å². The first-order valence-corrected chi connectivity index (χ1v) is 6.39. The van der Waals surface area contributed by atoms with E-state index in [-0.39, 0.29) is 11.9 Å². The van der Waals surface area contributed by atoms with Crippen molar-refractivity contribution in [2.24, 2.45) is 0 Å². The lowest BCUT2D eigenvalue weighted by Crippen LogP contribution is -2.32. The summed E-state index contributed by atoms with van der Waals surface area (Å²) in [7, 11) is 0. The molecule has 4 nitrogen and oxygen atoms in total. The summed E-state index contributed by atoms with van der Waals surface area (Å²) in [6.45, 7) is 4.00. The Morgan fingerprint density at radius 3 is 2.42 bits per heavy atom. The molecule has 1 amide bonds. The maximum Gasteiger partial charge on any atom is 0.254 e. The van der Waals surface area contributed by atoms with E-state index in [0.717, 1.165) is 12.0 Å². The first-order valence-electron chi connectivity index (χ1n) is 6.39. The maximum atomic E-state index is 11.9. The van der Waals surface area contributed by atoms with E-state index >= 15 is 0 Å². The van der Waals surface area contributed by atoms with Gasteiger partial charge in [0.25, 0.3) is 5.91 Å². The molecule has 1 aromatic carbocycles. The molecule has 0 bridgehead atoms. The maximum absolute atomic E-state index is 11.9. The molecule has 0 aliphatic rings. The van der Waals surface area contributed by atoms with Crippen LogP contribution in [0.1, 0.15) is 30.6 Å². The Hall–Kier alpha value is -2.23. The first kappa shape index (κ1) is 13.2. The Kier molecular flexibility index (Phi) is 4.23. The minimum Gasteiger partial charge on any atom is -0.350 e. The van der Waals surface area contributed by atoms with Crippen molar-refractivity contribution < 1.29 is 4.79 Å². The lowest BCUT2D eigenvalue weighted by Gasteiger charge is -2.10. The van der Waals surface area contributed by atoms with Crippen molar-refractivity contribution in [3.63, 3.8) is 0 Å². The van der Waals surface area contributed by atoms with Crippen molar-refractivity contribution in [1.82, 2.24) is 15.3 Å². The summed E-state index contributed by atoms with van der Waals surface area (Å²) in [5.74, 6) is 0.495. The highest BCUT2D eigenvalue weighted by Gasteiger charge is 2.09. The number of carbonyl (C=O) groups excluding carboxylic acids is 1. The zero-order valence-electron chi connectivity index (χ0n) is 11.1. The van der Waals surface area contributed by atoms with Crippen molar-refractivity contribution >= 4 is 5.91 Å². The number of hydrogen-bond donors (Lipinski definition) is 1. The summed E-state index contributed by atoms with van der Waals surface area (Å²) in [6, 6.07) is 9.84. The lowest BCUT2D eigenvalue weighted by molar-refractivity contribution is 0.0938. The molecule has 19 heavy (non-hydrogen) atoms. The van der Waals surface area contributed by atoms with Gasteiger partial charge in [0.15, 0.2) is 5.82 Å². The number of nitrogens with one attached hydrogen (secondary N) is 1. The van der Waals surface area contributed by atoms with Gasteiger partial charge >= 0.3 is 0 Å². The van der Waals surface area contributed by atoms with Gasteiger partial charge in [0.1, 0.15) is 0 Å². The van der Waals surface area contributed by atoms with E-state index in [1.54, 1.807) is 12.4 Å². The molecule has 0 unspecified atom stereocenters. The third-order valence-corrected chi connectivity index (χ3v) is 2.94. The first-order chi connectivity index (χ1) is 9.20. The smallest absolute Gasteiger partial charge is 0.254 e. The molecular weight excluding hydrogens is 238 g/mol. The predicted octanol–water partition coefficient (Wildman–Crippen LogP) is 2.67. The van der Waals surface area contributed by atoms with Crippen molar-refractivity contribution in [3.05, 3.63) is 48.3 Å². The minimum atomic E-state index is -0.131. The second-order valence-electron chi connectivity index (χ2n) is 4.44. The quantitative estimate of drug-likeness (QED) is 0.913. The van der Waals surface area contributed by atoms with E-state index in [0.29, 0.717) is 11.4 Å². The van der Waals surface area contributed by atoms with Crippen molar-refractivity contribution in [2.45, 2.75) is 26.3 Å². The molecule has 0 fully saturated rings. The third kappa shape index (κ3) is 3.37. The summed E-state index contributed by atoms with van der Waals surface area (Å²) >= 11 is 0. The van der Waals surface area contributed by atoms with Crippen LogP contribution in [0.2, 0.25) is 0 Å². The van der Waals surface area contributed by atoms with E-state index < -0.39 is 0 Å². The average Bonchev–Trinajstić information content (AvgIpc) is 2.48. The molecule has 1 N–H and O–H groups in total. The summed E-state index contributed by atoms with van der Waals surface area (Å²) in [5, 5.41) is 2.89. The lowest BCUT2D eigenvalue weighted by atomic mass is 10.2. The van der Waals surface area contributed by atoms with Crippen LogP contribution < -0.4 is 5.32 Å². The van der Waals surface area contributed by atoms with Gasteiger partial charge in [-0.3, -0.25) is 4.79 Å². The monoisotopic (exact) mass is 255 g/mol. The van der Waals surface area contributed by atoms with Gasteiger partial charge < -0.3 is 5.32 Å². The molecule has 0 aliphatic carbocycles. The largest absolute Gasteiger partial charge is 0.350 e. The highest BCUT2D eigenvalue weighted by molar-refractivity contribution is 5.93. The van der Waals surface area contributed by atoms with E-state index in [1.807, 2.05) is 44.2 Å². The summed E-state index contributed by atoms with van der Waals surface area (Å²) in [6.07, 6.45) is 4.02. The van der Waals surface area contributed by atoms with Gasteiger partial charge in [0.2, 0.25) is 0 Å². The topological polar surface area (TPSA) is 54.9 Å². The number of amides is 1. The van der Waals surface area contributed by atoms with E-state index in [1.165, 1.54) is 0 Å². The van der Waals surface area contributed by atoms with Gasteiger partial charge in [0, 0.05) is 24.0 Å². The van der Waals surface area contributed by atoms with Gasteiger partial charge in [-0.2, -0.15) is 0 Å². The second-order valence-corrected chi connectivity index (χ2v) is 4.44. The molecule has 0 spiro atoms. The van der Waals surface area contributed by atoms with Crippen LogP contribution in [-0.4, -0.2) is 21.9 Å². The van der Waals surface area contributed by atoms with E-state index in [4.69, 9.17) is 0 Å². The van der Waals surface area contributed by atoms with Crippen LogP contribution in [-0.2, 0) is 0 Å². The Labute approximate surface area is 112 Å². The molecule has 1 aromatic heterocycles. The molecule has 98 valence electrons. The SMILES string of the molecule is CC[C@H](C)NC(=O)c1cnc(-c2ccccc2)nc1. The van der Waals surface area contributed by atoms with Crippen molar-refractivity contribution in [2.75, 3.05) is 0 Å². The van der Waals surface area contributed by atoms with Gasteiger partial charge in [-0.25, -0.2) is 9.97 Å². The molecule has 0 saturated carbocycles. The standard InChI is InChI=1S/C15H17N3O/c1-3-11(2)18-15(19)13-9-16-14(17-10-13)12-7-5-4-6-8-12/h4-11H,3H2,1-2H3,(H,18,19)/t11-/m0/s1. The van der Waals surface area contributed by atoms with Crippen LogP contribution in [0.25, 0.3) is 11.4 Å². The number of carbonyl (C=O) groups is 1. The van der Waals surface area contributed by atoms with Crippen LogP contribution in [0.3, 0.4) is 0 Å². The van der Waals surface area contributed by atoms with Crippen LogP contribution in [0.5, 0.6) is 0 Å². The molecule has 0 aliphatic heterocycles. The second kappa shape index (κ2) is 6.09. The third-order valence-electron chi connectivity index (χ3n) is 2.94. The van der Waals surface area contributed by atoms with Gasteiger partial charge in [0.05, 0.1) is 5.56 Å². The molecule has 2 rings (SSSR count). The fourth-order valence-electron chi connectivity index (χ4n) is 1.59. The van der Waals surface area contributed by atoms with Gasteiger partial charge in [-0.1, -0.05) is 37.3 Å². The highest BCUT2D eigenvalue weighted by Crippen LogP contribution is 2.13. The fourth-order valence-corrected chi connectivity index (χ4v) is 1.59. The van der Waals surface area contributed by atoms with Crippen LogP contribution in [0, 0.1) is 0 Å². The molecule has 1 heterocycles.